The van der Waals surface area contributed by atoms with Gasteiger partial charge in [-0.3, -0.25) is 4.90 Å². The van der Waals surface area contributed by atoms with E-state index in [0.717, 1.165) is 19.3 Å². The summed E-state index contributed by atoms with van der Waals surface area (Å²) in [6.07, 6.45) is 2.81. The predicted molar refractivity (Wildman–Crippen MR) is 69.7 cm³/mol. The summed E-state index contributed by atoms with van der Waals surface area (Å²) in [5.74, 6) is 0. The Morgan fingerprint density at radius 2 is 2.28 bits per heavy atom. The molecule has 2 atom stereocenters. The van der Waals surface area contributed by atoms with Crippen molar-refractivity contribution in [3.8, 4) is 0 Å². The molecule has 3 rings (SSSR count). The normalized spacial score (nSPS) is 26.1. The zero-order valence-corrected chi connectivity index (χ0v) is 11.8. The molecule has 1 aromatic heterocycles. The molecule has 3 heterocycles. The van der Waals surface area contributed by atoms with Crippen LogP contribution in [0.25, 0.3) is 0 Å². The highest BCUT2D eigenvalue weighted by atomic mass is 32.1. The zero-order valence-electron chi connectivity index (χ0n) is 11.0. The fourth-order valence-electron chi connectivity index (χ4n) is 2.86. The number of thiazole rings is 1. The van der Waals surface area contributed by atoms with Crippen molar-refractivity contribution in [1.29, 1.82) is 0 Å². The molecule has 2 aliphatic rings. The fraction of sp³-hybridized carbons (Fsp3) is 0.692. The van der Waals surface area contributed by atoms with Crippen LogP contribution in [0.15, 0.2) is 5.51 Å². The smallest absolute Gasteiger partial charge is 0.411 e. The molecule has 98 valence electrons. The first-order valence-electron chi connectivity index (χ1n) is 6.39. The topological polar surface area (TPSA) is 42.4 Å². The van der Waals surface area contributed by atoms with Gasteiger partial charge < -0.3 is 4.74 Å². The third kappa shape index (κ3) is 1.90. The number of carbonyl (C=O) groups excluding carboxylic acids is 1. The Hall–Kier alpha value is -1.10. The van der Waals surface area contributed by atoms with Crippen molar-refractivity contribution in [2.24, 2.45) is 0 Å². The van der Waals surface area contributed by atoms with E-state index in [-0.39, 0.29) is 18.2 Å². The molecule has 2 unspecified atom stereocenters. The van der Waals surface area contributed by atoms with Gasteiger partial charge in [0.25, 0.3) is 0 Å². The van der Waals surface area contributed by atoms with Gasteiger partial charge in [0.15, 0.2) is 0 Å². The monoisotopic (exact) mass is 266 g/mol. The maximum absolute atomic E-state index is 12.3. The van der Waals surface area contributed by atoms with Gasteiger partial charge in [-0.05, 0) is 33.6 Å². The van der Waals surface area contributed by atoms with Crippen molar-refractivity contribution >= 4 is 17.4 Å². The highest BCUT2D eigenvalue weighted by molar-refractivity contribution is 7.09. The SMILES string of the molecule is CC(C)(C)OC(=O)N1C2CCC1c1scnc1C2. The Bertz CT molecular complexity index is 478. The van der Waals surface area contributed by atoms with Crippen LogP contribution in [0.4, 0.5) is 4.79 Å². The minimum Gasteiger partial charge on any atom is -0.444 e. The zero-order chi connectivity index (χ0) is 12.9. The Labute approximate surface area is 111 Å². The van der Waals surface area contributed by atoms with Crippen LogP contribution in [0.3, 0.4) is 0 Å². The average Bonchev–Trinajstić information content (AvgIpc) is 2.81. The number of aromatic nitrogens is 1. The molecule has 1 fully saturated rings. The van der Waals surface area contributed by atoms with E-state index in [9.17, 15) is 4.79 Å². The molecule has 0 radical (unpaired) electrons. The minimum atomic E-state index is -0.426. The van der Waals surface area contributed by atoms with Crippen molar-refractivity contribution < 1.29 is 9.53 Å². The number of fused-ring (bicyclic) bond motifs is 4. The lowest BCUT2D eigenvalue weighted by Crippen LogP contribution is -2.44. The Kier molecular flexibility index (Phi) is 2.62. The second kappa shape index (κ2) is 3.95. The van der Waals surface area contributed by atoms with Crippen LogP contribution in [-0.2, 0) is 11.2 Å². The van der Waals surface area contributed by atoms with Crippen LogP contribution in [-0.4, -0.2) is 27.6 Å². The highest BCUT2D eigenvalue weighted by Crippen LogP contribution is 2.45. The van der Waals surface area contributed by atoms with Crippen molar-refractivity contribution in [2.45, 2.75) is 57.7 Å². The van der Waals surface area contributed by atoms with Gasteiger partial charge in [0.2, 0.25) is 0 Å². The Balaban J connectivity index is 1.85. The first kappa shape index (κ1) is 12.0. The summed E-state index contributed by atoms with van der Waals surface area (Å²) in [7, 11) is 0. The number of carbonyl (C=O) groups is 1. The lowest BCUT2D eigenvalue weighted by molar-refractivity contribution is 0.0127. The van der Waals surface area contributed by atoms with Gasteiger partial charge in [0, 0.05) is 12.5 Å². The average molecular weight is 266 g/mol. The van der Waals surface area contributed by atoms with Gasteiger partial charge in [0.1, 0.15) is 5.60 Å². The first-order valence-corrected chi connectivity index (χ1v) is 7.27. The molecule has 1 amide bonds. The third-order valence-electron chi connectivity index (χ3n) is 3.51. The molecule has 5 heteroatoms. The van der Waals surface area contributed by atoms with E-state index in [1.807, 2.05) is 31.2 Å². The van der Waals surface area contributed by atoms with Gasteiger partial charge in [0.05, 0.1) is 22.1 Å². The van der Waals surface area contributed by atoms with Crippen molar-refractivity contribution in [3.05, 3.63) is 16.1 Å². The minimum absolute atomic E-state index is 0.172. The first-order chi connectivity index (χ1) is 8.46. The second-order valence-corrected chi connectivity index (χ2v) is 6.89. The quantitative estimate of drug-likeness (QED) is 0.724. The number of hydrogen-bond acceptors (Lipinski definition) is 4. The summed E-state index contributed by atoms with van der Waals surface area (Å²) in [6, 6.07) is 0.473. The summed E-state index contributed by atoms with van der Waals surface area (Å²) < 4.78 is 5.52. The van der Waals surface area contributed by atoms with Crippen LogP contribution in [0.1, 0.15) is 50.2 Å². The van der Waals surface area contributed by atoms with Gasteiger partial charge in [-0.15, -0.1) is 11.3 Å². The van der Waals surface area contributed by atoms with E-state index in [1.165, 1.54) is 10.6 Å². The highest BCUT2D eigenvalue weighted by Gasteiger charge is 2.45. The molecule has 0 saturated carbocycles. The maximum Gasteiger partial charge on any atom is 0.411 e. The number of rotatable bonds is 0. The van der Waals surface area contributed by atoms with Crippen LogP contribution >= 0.6 is 11.3 Å². The van der Waals surface area contributed by atoms with E-state index in [4.69, 9.17) is 4.74 Å². The lowest BCUT2D eigenvalue weighted by atomic mass is 10.1. The molecule has 0 N–H and O–H groups in total. The molecule has 2 bridgehead atoms. The molecule has 4 nitrogen and oxygen atoms in total. The van der Waals surface area contributed by atoms with Gasteiger partial charge in [-0.1, -0.05) is 0 Å². The summed E-state index contributed by atoms with van der Waals surface area (Å²) in [6.45, 7) is 5.73. The second-order valence-electron chi connectivity index (χ2n) is 6.00. The largest absolute Gasteiger partial charge is 0.444 e. The van der Waals surface area contributed by atoms with Crippen LogP contribution in [0.5, 0.6) is 0 Å². The molecular weight excluding hydrogens is 248 g/mol. The van der Waals surface area contributed by atoms with E-state index in [1.54, 1.807) is 11.3 Å². The number of hydrogen-bond donors (Lipinski definition) is 0. The van der Waals surface area contributed by atoms with E-state index >= 15 is 0 Å². The molecule has 0 spiro atoms. The van der Waals surface area contributed by atoms with Crippen LogP contribution in [0.2, 0.25) is 0 Å². The van der Waals surface area contributed by atoms with Gasteiger partial charge >= 0.3 is 6.09 Å². The molecule has 1 saturated heterocycles. The lowest BCUT2D eigenvalue weighted by Gasteiger charge is -2.35. The number of nitrogens with zero attached hydrogens (tertiary/aromatic N) is 2. The summed E-state index contributed by atoms with van der Waals surface area (Å²) in [5, 5.41) is 0. The van der Waals surface area contributed by atoms with Gasteiger partial charge in [-0.2, -0.15) is 0 Å². The number of ether oxygens (including phenoxy) is 1. The standard InChI is InChI=1S/C13H18N2O2S/c1-13(2,3)17-12(16)15-8-4-5-10(15)11-9(6-8)14-7-18-11/h7-8,10H,4-6H2,1-3H3. The van der Waals surface area contributed by atoms with E-state index in [2.05, 4.69) is 4.98 Å². The van der Waals surface area contributed by atoms with Crippen molar-refractivity contribution in [2.75, 3.05) is 0 Å². The number of amides is 1. The van der Waals surface area contributed by atoms with E-state index in [0.29, 0.717) is 0 Å². The molecule has 0 aromatic carbocycles. The molecule has 2 aliphatic heterocycles. The summed E-state index contributed by atoms with van der Waals surface area (Å²) in [4.78, 5) is 19.9. The summed E-state index contributed by atoms with van der Waals surface area (Å²) in [5.41, 5.74) is 2.65. The maximum atomic E-state index is 12.3. The predicted octanol–water partition coefficient (Wildman–Crippen LogP) is 3.14. The van der Waals surface area contributed by atoms with Crippen LogP contribution in [0, 0.1) is 0 Å². The molecule has 1 aromatic rings. The Morgan fingerprint density at radius 1 is 1.50 bits per heavy atom. The Morgan fingerprint density at radius 3 is 3.00 bits per heavy atom. The molecule has 0 aliphatic carbocycles. The molecular formula is C13H18N2O2S. The summed E-state index contributed by atoms with van der Waals surface area (Å²) >= 11 is 1.66. The fourth-order valence-corrected chi connectivity index (χ4v) is 3.81. The van der Waals surface area contributed by atoms with Crippen molar-refractivity contribution in [1.82, 2.24) is 9.88 Å². The molecule has 18 heavy (non-hydrogen) atoms. The van der Waals surface area contributed by atoms with Crippen molar-refractivity contribution in [3.63, 3.8) is 0 Å². The van der Waals surface area contributed by atoms with Crippen LogP contribution < -0.4 is 0 Å². The van der Waals surface area contributed by atoms with Gasteiger partial charge in [-0.25, -0.2) is 9.78 Å². The third-order valence-corrected chi connectivity index (χ3v) is 4.48. The van der Waals surface area contributed by atoms with E-state index < -0.39 is 5.60 Å².